The van der Waals surface area contributed by atoms with Gasteiger partial charge in [0.15, 0.2) is 17.4 Å². The smallest absolute Gasteiger partial charge is 0.357 e. The first-order chi connectivity index (χ1) is 14.0. The normalized spacial score (nSPS) is 11.8. The van der Waals surface area contributed by atoms with Crippen LogP contribution in [0.15, 0.2) is 41.7 Å². The van der Waals surface area contributed by atoms with Gasteiger partial charge in [-0.25, -0.2) is 15.0 Å². The number of hydrogen-bond acceptors (Lipinski definition) is 6. The summed E-state index contributed by atoms with van der Waals surface area (Å²) in [5.74, 6) is 1.15. The minimum atomic E-state index is -4.51. The molecule has 0 aliphatic rings. The van der Waals surface area contributed by atoms with E-state index in [2.05, 4.69) is 41.1 Å². The van der Waals surface area contributed by atoms with Gasteiger partial charge in [0.05, 0.1) is 0 Å². The molecule has 3 aromatic rings. The van der Waals surface area contributed by atoms with Crippen molar-refractivity contribution in [3.8, 4) is 0 Å². The lowest BCUT2D eigenvalue weighted by atomic mass is 10.4. The summed E-state index contributed by atoms with van der Waals surface area (Å²) in [6.45, 7) is 3.59. The van der Waals surface area contributed by atoms with Gasteiger partial charge in [-0.1, -0.05) is 6.07 Å². The zero-order valence-corrected chi connectivity index (χ0v) is 18.3. The van der Waals surface area contributed by atoms with Crippen LogP contribution in [0.1, 0.15) is 18.4 Å². The van der Waals surface area contributed by atoms with Crippen LogP contribution in [0.4, 0.5) is 19.1 Å². The Labute approximate surface area is 187 Å². The van der Waals surface area contributed by atoms with E-state index in [0.29, 0.717) is 38.0 Å². The van der Waals surface area contributed by atoms with E-state index in [1.54, 1.807) is 0 Å². The number of alkyl halides is 3. The molecular weight excluding hydrogens is 514 g/mol. The molecule has 0 saturated carbocycles. The van der Waals surface area contributed by atoms with E-state index in [-0.39, 0.29) is 29.9 Å². The predicted octanol–water partition coefficient (Wildman–Crippen LogP) is 2.32. The van der Waals surface area contributed by atoms with Gasteiger partial charge in [-0.05, 0) is 25.1 Å². The Bertz CT molecular complexity index is 974. The highest BCUT2D eigenvalue weighted by atomic mass is 127. The molecular formula is C17H21F3IN9. The standard InChI is InChI=1S/C17H20F3N9.HI/c1-2-21-15(25-11-14-28-27-13-5-3-4-10-29(13)14)23-8-9-24-16-22-7-6-12(26-16)17(18,19)20;/h3-7,10H,2,8-9,11H2,1H3,(H2,21,23,25)(H,22,24,26);1H. The molecule has 0 radical (unpaired) electrons. The molecule has 0 aliphatic heterocycles. The highest BCUT2D eigenvalue weighted by molar-refractivity contribution is 14.0. The second kappa shape index (κ2) is 10.9. The molecule has 3 aromatic heterocycles. The van der Waals surface area contributed by atoms with Crippen molar-refractivity contribution in [3.05, 3.63) is 48.2 Å². The van der Waals surface area contributed by atoms with Crippen LogP contribution in [0.5, 0.6) is 0 Å². The summed E-state index contributed by atoms with van der Waals surface area (Å²) in [6, 6.07) is 6.44. The lowest BCUT2D eigenvalue weighted by Crippen LogP contribution is -2.39. The minimum absolute atomic E-state index is 0. The summed E-state index contributed by atoms with van der Waals surface area (Å²) in [4.78, 5) is 11.7. The number of anilines is 1. The Morgan fingerprint density at radius 1 is 1.13 bits per heavy atom. The average Bonchev–Trinajstić information content (AvgIpc) is 3.12. The summed E-state index contributed by atoms with van der Waals surface area (Å²) in [5.41, 5.74) is -0.251. The van der Waals surface area contributed by atoms with Gasteiger partial charge in [0.2, 0.25) is 5.95 Å². The highest BCUT2D eigenvalue weighted by Crippen LogP contribution is 2.27. The number of rotatable bonds is 7. The number of aliphatic imine (C=N–C) groups is 1. The molecule has 0 unspecified atom stereocenters. The number of pyridine rings is 1. The predicted molar refractivity (Wildman–Crippen MR) is 117 cm³/mol. The van der Waals surface area contributed by atoms with Crippen LogP contribution in [-0.4, -0.2) is 50.2 Å². The van der Waals surface area contributed by atoms with E-state index >= 15 is 0 Å². The fourth-order valence-electron chi connectivity index (χ4n) is 2.45. The summed E-state index contributed by atoms with van der Waals surface area (Å²) >= 11 is 0. The van der Waals surface area contributed by atoms with Crippen molar-refractivity contribution in [1.29, 1.82) is 0 Å². The van der Waals surface area contributed by atoms with Crippen molar-refractivity contribution >= 4 is 41.5 Å². The molecule has 0 fully saturated rings. The maximum Gasteiger partial charge on any atom is 0.433 e. The van der Waals surface area contributed by atoms with Crippen molar-refractivity contribution in [1.82, 2.24) is 35.2 Å². The fraction of sp³-hybridized carbons (Fsp3) is 0.353. The third-order valence-electron chi connectivity index (χ3n) is 3.75. The monoisotopic (exact) mass is 535 g/mol. The van der Waals surface area contributed by atoms with Gasteiger partial charge < -0.3 is 16.0 Å². The van der Waals surface area contributed by atoms with E-state index in [9.17, 15) is 13.2 Å². The first-order valence-corrected chi connectivity index (χ1v) is 8.92. The van der Waals surface area contributed by atoms with Gasteiger partial charge in [0.25, 0.3) is 0 Å². The zero-order valence-electron chi connectivity index (χ0n) is 16.0. The number of nitrogens with one attached hydrogen (secondary N) is 3. The second-order valence-electron chi connectivity index (χ2n) is 5.86. The van der Waals surface area contributed by atoms with Gasteiger partial charge in [0, 0.05) is 32.0 Å². The quantitative estimate of drug-likeness (QED) is 0.185. The van der Waals surface area contributed by atoms with Crippen LogP contribution in [-0.2, 0) is 12.7 Å². The molecule has 3 heterocycles. The number of fused-ring (bicyclic) bond motifs is 1. The van der Waals surface area contributed by atoms with Crippen LogP contribution in [0.3, 0.4) is 0 Å². The molecule has 9 nitrogen and oxygen atoms in total. The maximum atomic E-state index is 12.7. The van der Waals surface area contributed by atoms with Gasteiger partial charge in [-0.3, -0.25) is 4.40 Å². The third-order valence-corrected chi connectivity index (χ3v) is 3.75. The summed E-state index contributed by atoms with van der Waals surface area (Å²) in [6.07, 6.45) is -1.58. The lowest BCUT2D eigenvalue weighted by molar-refractivity contribution is -0.141. The largest absolute Gasteiger partial charge is 0.433 e. The Kier molecular flexibility index (Phi) is 8.56. The van der Waals surface area contributed by atoms with Crippen molar-refractivity contribution in [2.75, 3.05) is 25.0 Å². The molecule has 162 valence electrons. The van der Waals surface area contributed by atoms with Crippen LogP contribution in [0.25, 0.3) is 5.65 Å². The molecule has 3 rings (SSSR count). The van der Waals surface area contributed by atoms with Gasteiger partial charge >= 0.3 is 6.18 Å². The Hall–Kier alpha value is -2.71. The Balaban J connectivity index is 0.00000320. The molecule has 0 atom stereocenters. The molecule has 0 aromatic carbocycles. The molecule has 3 N–H and O–H groups in total. The minimum Gasteiger partial charge on any atom is -0.357 e. The fourth-order valence-corrected chi connectivity index (χ4v) is 2.45. The van der Waals surface area contributed by atoms with Crippen LogP contribution >= 0.6 is 24.0 Å². The van der Waals surface area contributed by atoms with Gasteiger partial charge in [-0.2, -0.15) is 13.2 Å². The maximum absolute atomic E-state index is 12.7. The van der Waals surface area contributed by atoms with E-state index in [1.807, 2.05) is 35.7 Å². The lowest BCUT2D eigenvalue weighted by Gasteiger charge is -2.12. The SMILES string of the molecule is CCNC(=NCc1nnc2ccccn12)NCCNc1nccc(C(F)(F)F)n1.I. The summed E-state index contributed by atoms with van der Waals surface area (Å²) in [7, 11) is 0. The van der Waals surface area contributed by atoms with E-state index in [1.165, 1.54) is 0 Å². The third kappa shape index (κ3) is 6.40. The van der Waals surface area contributed by atoms with Crippen LogP contribution in [0, 0.1) is 0 Å². The van der Waals surface area contributed by atoms with Crippen molar-refractivity contribution in [2.24, 2.45) is 4.99 Å². The zero-order chi connectivity index (χ0) is 20.7. The number of halogens is 4. The first kappa shape index (κ1) is 23.6. The second-order valence-corrected chi connectivity index (χ2v) is 5.86. The first-order valence-electron chi connectivity index (χ1n) is 8.92. The number of guanidine groups is 1. The van der Waals surface area contributed by atoms with E-state index in [4.69, 9.17) is 0 Å². The Morgan fingerprint density at radius 3 is 2.73 bits per heavy atom. The molecule has 0 amide bonds. The molecule has 30 heavy (non-hydrogen) atoms. The molecule has 13 heteroatoms. The molecule has 0 bridgehead atoms. The van der Waals surface area contributed by atoms with Crippen molar-refractivity contribution in [3.63, 3.8) is 0 Å². The van der Waals surface area contributed by atoms with Crippen molar-refractivity contribution < 1.29 is 13.2 Å². The summed E-state index contributed by atoms with van der Waals surface area (Å²) < 4.78 is 39.9. The van der Waals surface area contributed by atoms with E-state index < -0.39 is 11.9 Å². The number of nitrogens with zero attached hydrogens (tertiary/aromatic N) is 6. The van der Waals surface area contributed by atoms with Crippen molar-refractivity contribution in [2.45, 2.75) is 19.6 Å². The topological polar surface area (TPSA) is 104 Å². The van der Waals surface area contributed by atoms with Gasteiger partial charge in [-0.15, -0.1) is 34.2 Å². The Morgan fingerprint density at radius 2 is 1.97 bits per heavy atom. The molecule has 0 spiro atoms. The molecule has 0 saturated heterocycles. The van der Waals surface area contributed by atoms with E-state index in [0.717, 1.165) is 17.9 Å². The summed E-state index contributed by atoms with van der Waals surface area (Å²) in [5, 5.41) is 17.1. The number of hydrogen-bond donors (Lipinski definition) is 3. The highest BCUT2D eigenvalue weighted by Gasteiger charge is 2.32. The average molecular weight is 535 g/mol. The van der Waals surface area contributed by atoms with Crippen LogP contribution < -0.4 is 16.0 Å². The van der Waals surface area contributed by atoms with Gasteiger partial charge in [0.1, 0.15) is 12.2 Å². The molecule has 0 aliphatic carbocycles. The van der Waals surface area contributed by atoms with Crippen LogP contribution in [0.2, 0.25) is 0 Å². The number of aromatic nitrogens is 5.